The zero-order chi connectivity index (χ0) is 22.6. The van der Waals surface area contributed by atoms with Gasteiger partial charge >= 0.3 is 0 Å². The lowest BCUT2D eigenvalue weighted by Gasteiger charge is -2.62. The highest BCUT2D eigenvalue weighted by Crippen LogP contribution is 2.72. The van der Waals surface area contributed by atoms with Gasteiger partial charge in [0.1, 0.15) is 6.61 Å². The standard InChI is InChI=1S/C24H31FO6.CH4/c1-20(2)30-19-10-16-15-6-5-13-9-14(27)7-8-21(13,3)23(15,25)17(28)11-22(16,4)24(19,31-20)18(29)12-26;/h7-9,15-17,19,26,28H,5-6,10-12H2,1-4H3;1H4/t15-,16-,17-,19+,21-,22-,23-,24+;/m0./s1. The van der Waals surface area contributed by atoms with Crippen LogP contribution in [0.4, 0.5) is 4.39 Å². The Kier molecular flexibility index (Phi) is 5.05. The summed E-state index contributed by atoms with van der Waals surface area (Å²) >= 11 is 0. The number of carbonyl (C=O) groups excluding carboxylic acids is 2. The van der Waals surface area contributed by atoms with Crippen molar-refractivity contribution >= 4 is 11.6 Å². The number of aliphatic hydroxyl groups is 2. The maximum Gasteiger partial charge on any atom is 0.193 e. The number of halogens is 1. The fourth-order valence-electron chi connectivity index (χ4n) is 7.93. The number of hydrogen-bond acceptors (Lipinski definition) is 6. The first-order valence-electron chi connectivity index (χ1n) is 11.2. The van der Waals surface area contributed by atoms with Gasteiger partial charge in [-0.1, -0.05) is 26.0 Å². The number of allylic oxidation sites excluding steroid dienone is 4. The van der Waals surface area contributed by atoms with Gasteiger partial charge in [-0.15, -0.1) is 0 Å². The maximum atomic E-state index is 17.1. The Morgan fingerprint density at radius 2 is 1.94 bits per heavy atom. The number of fused-ring (bicyclic) bond motifs is 7. The van der Waals surface area contributed by atoms with Crippen LogP contribution in [0.2, 0.25) is 0 Å². The summed E-state index contributed by atoms with van der Waals surface area (Å²) in [7, 11) is 0. The number of alkyl halides is 1. The molecule has 0 bridgehead atoms. The van der Waals surface area contributed by atoms with Crippen LogP contribution in [-0.2, 0) is 19.1 Å². The summed E-state index contributed by atoms with van der Waals surface area (Å²) in [5.74, 6) is -2.46. The molecule has 178 valence electrons. The molecule has 1 heterocycles. The van der Waals surface area contributed by atoms with Crippen molar-refractivity contribution in [1.29, 1.82) is 0 Å². The zero-order valence-corrected chi connectivity index (χ0v) is 18.5. The second-order valence-corrected chi connectivity index (χ2v) is 10.9. The predicted octanol–water partition coefficient (Wildman–Crippen LogP) is 3.05. The number of rotatable bonds is 2. The highest BCUT2D eigenvalue weighted by Gasteiger charge is 2.79. The fourth-order valence-corrected chi connectivity index (χ4v) is 7.93. The van der Waals surface area contributed by atoms with Crippen molar-refractivity contribution in [2.45, 2.75) is 90.1 Å². The van der Waals surface area contributed by atoms with E-state index in [2.05, 4.69) is 0 Å². The van der Waals surface area contributed by atoms with Gasteiger partial charge < -0.3 is 19.7 Å². The largest absolute Gasteiger partial charge is 0.390 e. The molecule has 1 saturated heterocycles. The zero-order valence-electron chi connectivity index (χ0n) is 18.5. The smallest absolute Gasteiger partial charge is 0.193 e. The Bertz CT molecular complexity index is 925. The minimum atomic E-state index is -1.98. The molecule has 0 aromatic carbocycles. The van der Waals surface area contributed by atoms with Gasteiger partial charge in [-0.05, 0) is 64.5 Å². The fraction of sp³-hybridized carbons (Fsp3) is 0.760. The average Bonchev–Trinajstić information content (AvgIpc) is 3.09. The Balaban J connectivity index is 0.00000245. The maximum absolute atomic E-state index is 17.1. The summed E-state index contributed by atoms with van der Waals surface area (Å²) in [5.41, 5.74) is -4.66. The van der Waals surface area contributed by atoms with Gasteiger partial charge in [-0.2, -0.15) is 0 Å². The molecule has 0 aromatic heterocycles. The highest BCUT2D eigenvalue weighted by molar-refractivity contribution is 6.01. The van der Waals surface area contributed by atoms with Gasteiger partial charge in [0.05, 0.1) is 12.2 Å². The average molecular weight is 451 g/mol. The summed E-state index contributed by atoms with van der Waals surface area (Å²) in [6, 6.07) is 0. The van der Waals surface area contributed by atoms with Crippen LogP contribution in [0.5, 0.6) is 0 Å². The van der Waals surface area contributed by atoms with E-state index in [-0.39, 0.29) is 25.5 Å². The summed E-state index contributed by atoms with van der Waals surface area (Å²) in [6.45, 7) is 6.41. The molecule has 4 aliphatic carbocycles. The summed E-state index contributed by atoms with van der Waals surface area (Å²) in [5, 5.41) is 21.2. The quantitative estimate of drug-likeness (QED) is 0.672. The van der Waals surface area contributed by atoms with Crippen molar-refractivity contribution in [3.8, 4) is 0 Å². The molecule has 0 spiro atoms. The molecule has 5 rings (SSSR count). The van der Waals surface area contributed by atoms with Crippen LogP contribution in [0.15, 0.2) is 23.8 Å². The van der Waals surface area contributed by atoms with E-state index >= 15 is 4.39 Å². The van der Waals surface area contributed by atoms with Crippen LogP contribution >= 0.6 is 0 Å². The number of ketones is 2. The minimum Gasteiger partial charge on any atom is -0.390 e. The van der Waals surface area contributed by atoms with Crippen LogP contribution in [0.25, 0.3) is 0 Å². The van der Waals surface area contributed by atoms with Crippen LogP contribution in [0.1, 0.15) is 60.8 Å². The third-order valence-electron chi connectivity index (χ3n) is 9.19. The van der Waals surface area contributed by atoms with Gasteiger partial charge in [0.2, 0.25) is 0 Å². The summed E-state index contributed by atoms with van der Waals surface area (Å²) in [6.07, 6.45) is 4.00. The second kappa shape index (κ2) is 6.81. The highest BCUT2D eigenvalue weighted by atomic mass is 19.1. The van der Waals surface area contributed by atoms with E-state index in [1.807, 2.05) is 6.92 Å². The van der Waals surface area contributed by atoms with Crippen molar-refractivity contribution in [2.75, 3.05) is 6.61 Å². The van der Waals surface area contributed by atoms with Crippen molar-refractivity contribution < 1.29 is 33.7 Å². The molecule has 8 atom stereocenters. The molecular weight excluding hydrogens is 415 g/mol. The Morgan fingerprint density at radius 3 is 2.59 bits per heavy atom. The van der Waals surface area contributed by atoms with Crippen molar-refractivity contribution in [3.63, 3.8) is 0 Å². The van der Waals surface area contributed by atoms with Gasteiger partial charge in [-0.25, -0.2) is 4.39 Å². The summed E-state index contributed by atoms with van der Waals surface area (Å²) in [4.78, 5) is 25.1. The molecule has 0 unspecified atom stereocenters. The van der Waals surface area contributed by atoms with E-state index < -0.39 is 58.4 Å². The van der Waals surface area contributed by atoms with Crippen molar-refractivity contribution in [3.05, 3.63) is 23.8 Å². The topological polar surface area (TPSA) is 93.1 Å². The number of carbonyl (C=O) groups is 2. The molecule has 6 nitrogen and oxygen atoms in total. The normalized spacial score (nSPS) is 50.5. The van der Waals surface area contributed by atoms with Gasteiger partial charge in [0.15, 0.2) is 28.6 Å². The number of ether oxygens (including phenoxy) is 2. The van der Waals surface area contributed by atoms with E-state index in [1.165, 1.54) is 12.2 Å². The molecule has 7 heteroatoms. The Hall–Kier alpha value is -1.41. The molecule has 4 fully saturated rings. The molecular formula is C25H35FO6. The molecule has 0 radical (unpaired) electrons. The second-order valence-electron chi connectivity index (χ2n) is 10.9. The number of Topliss-reactive ketones (excluding diaryl/α,β-unsaturated/α-hetero) is 1. The SMILES string of the molecule is C.CC1(C)O[C@@H]2C[C@H]3[C@@H]4CCC5=CC(=O)C=C[C@]5(C)[C@@]4(F)[C@@H](O)C[C@]3(C)[C@]2(C(=O)CO)O1. The lowest BCUT2D eigenvalue weighted by molar-refractivity contribution is -0.246. The number of aliphatic hydroxyl groups excluding tert-OH is 2. The molecule has 5 aliphatic rings. The monoisotopic (exact) mass is 450 g/mol. The first kappa shape index (κ1) is 23.7. The van der Waals surface area contributed by atoms with Crippen LogP contribution in [0.3, 0.4) is 0 Å². The van der Waals surface area contributed by atoms with Gasteiger partial charge in [0.25, 0.3) is 0 Å². The molecule has 1 aliphatic heterocycles. The van der Waals surface area contributed by atoms with Crippen LogP contribution < -0.4 is 0 Å². The first-order chi connectivity index (χ1) is 14.4. The van der Waals surface area contributed by atoms with Crippen molar-refractivity contribution in [2.24, 2.45) is 22.7 Å². The Labute approximate surface area is 188 Å². The Morgan fingerprint density at radius 1 is 1.25 bits per heavy atom. The number of hydrogen-bond donors (Lipinski definition) is 2. The molecule has 3 saturated carbocycles. The van der Waals surface area contributed by atoms with Gasteiger partial charge in [-0.3, -0.25) is 9.59 Å². The van der Waals surface area contributed by atoms with E-state index in [9.17, 15) is 19.8 Å². The van der Waals surface area contributed by atoms with E-state index in [0.717, 1.165) is 5.57 Å². The lowest BCUT2D eigenvalue weighted by Crippen LogP contribution is -2.70. The molecule has 2 N–H and O–H groups in total. The minimum absolute atomic E-state index is 0. The van der Waals surface area contributed by atoms with Crippen molar-refractivity contribution in [1.82, 2.24) is 0 Å². The molecule has 0 amide bonds. The van der Waals surface area contributed by atoms with E-state index in [0.29, 0.717) is 19.3 Å². The predicted molar refractivity (Wildman–Crippen MR) is 115 cm³/mol. The molecule has 32 heavy (non-hydrogen) atoms. The van der Waals surface area contributed by atoms with Crippen LogP contribution in [-0.4, -0.2) is 57.7 Å². The molecule has 0 aromatic rings. The van der Waals surface area contributed by atoms with E-state index in [1.54, 1.807) is 26.8 Å². The third-order valence-corrected chi connectivity index (χ3v) is 9.19. The summed E-state index contributed by atoms with van der Waals surface area (Å²) < 4.78 is 29.5. The first-order valence-corrected chi connectivity index (χ1v) is 11.2. The van der Waals surface area contributed by atoms with E-state index in [4.69, 9.17) is 9.47 Å². The third kappa shape index (κ3) is 2.48. The van der Waals surface area contributed by atoms with Gasteiger partial charge in [0, 0.05) is 16.7 Å². The van der Waals surface area contributed by atoms with Crippen LogP contribution in [0, 0.1) is 22.7 Å². The lowest BCUT2D eigenvalue weighted by atomic mass is 9.44.